The van der Waals surface area contributed by atoms with Crippen LogP contribution in [0.4, 0.5) is 10.8 Å². The molecule has 3 N–H and O–H groups in total. The van der Waals surface area contributed by atoms with Crippen LogP contribution in [0.1, 0.15) is 20.9 Å². The van der Waals surface area contributed by atoms with E-state index in [2.05, 4.69) is 26.2 Å². The van der Waals surface area contributed by atoms with Crippen LogP contribution in [0.2, 0.25) is 0 Å². The van der Waals surface area contributed by atoms with E-state index in [4.69, 9.17) is 5.73 Å². The second-order valence-corrected chi connectivity index (χ2v) is 5.68. The Morgan fingerprint density at radius 2 is 2.17 bits per heavy atom. The number of carbonyl (C=O) groups excluding carboxylic acids is 1. The summed E-state index contributed by atoms with van der Waals surface area (Å²) in [5.74, 6) is -0.187. The molecule has 0 aliphatic rings. The van der Waals surface area contributed by atoms with Crippen LogP contribution in [0.3, 0.4) is 0 Å². The van der Waals surface area contributed by atoms with E-state index in [0.29, 0.717) is 15.7 Å². The van der Waals surface area contributed by atoms with Crippen molar-refractivity contribution in [2.24, 2.45) is 0 Å². The zero-order valence-corrected chi connectivity index (χ0v) is 12.4. The van der Waals surface area contributed by atoms with E-state index in [0.717, 1.165) is 15.7 Å². The van der Waals surface area contributed by atoms with Crippen LogP contribution in [-0.4, -0.2) is 10.9 Å². The summed E-state index contributed by atoms with van der Waals surface area (Å²) in [4.78, 5) is 16.7. The summed E-state index contributed by atoms with van der Waals surface area (Å²) >= 11 is 4.64. The summed E-state index contributed by atoms with van der Waals surface area (Å²) in [7, 11) is 0. The highest BCUT2D eigenvalue weighted by Gasteiger charge is 2.15. The minimum Gasteiger partial charge on any atom is -0.375 e. The maximum atomic E-state index is 12.1. The quantitative estimate of drug-likeness (QED) is 0.889. The molecule has 0 aliphatic carbocycles. The number of nitrogens with one attached hydrogen (secondary N) is 1. The number of amides is 1. The third kappa shape index (κ3) is 2.54. The van der Waals surface area contributed by atoms with Gasteiger partial charge in [0.15, 0.2) is 5.13 Å². The summed E-state index contributed by atoms with van der Waals surface area (Å²) in [5, 5.41) is 3.25. The summed E-state index contributed by atoms with van der Waals surface area (Å²) in [6.45, 7) is 3.74. The SMILES string of the molecule is Cc1cccc(NC(=O)c2sc(N)nc2C)c1Br. The van der Waals surface area contributed by atoms with Gasteiger partial charge >= 0.3 is 0 Å². The Hall–Kier alpha value is -1.40. The molecule has 0 radical (unpaired) electrons. The highest BCUT2D eigenvalue weighted by Crippen LogP contribution is 2.27. The number of anilines is 2. The lowest BCUT2D eigenvalue weighted by Crippen LogP contribution is -2.12. The Balaban J connectivity index is 2.27. The van der Waals surface area contributed by atoms with Crippen LogP contribution in [0.5, 0.6) is 0 Å². The average molecular weight is 326 g/mol. The first kappa shape index (κ1) is 13.0. The fourth-order valence-electron chi connectivity index (χ4n) is 1.55. The van der Waals surface area contributed by atoms with Crippen molar-refractivity contribution >= 4 is 44.0 Å². The molecule has 6 heteroatoms. The van der Waals surface area contributed by atoms with Gasteiger partial charge in [-0.3, -0.25) is 4.79 Å². The van der Waals surface area contributed by atoms with Crippen LogP contribution in [0.25, 0.3) is 0 Å². The fraction of sp³-hybridized carbons (Fsp3) is 0.167. The first-order valence-corrected chi connectivity index (χ1v) is 6.89. The summed E-state index contributed by atoms with van der Waals surface area (Å²) < 4.78 is 0.883. The number of nitrogens with zero attached hydrogens (tertiary/aromatic N) is 1. The molecule has 94 valence electrons. The molecular weight excluding hydrogens is 314 g/mol. The smallest absolute Gasteiger partial charge is 0.267 e. The molecule has 0 fully saturated rings. The molecule has 18 heavy (non-hydrogen) atoms. The predicted molar refractivity (Wildman–Crippen MR) is 78.1 cm³/mol. The number of carbonyl (C=O) groups is 1. The van der Waals surface area contributed by atoms with Crippen LogP contribution >= 0.6 is 27.3 Å². The van der Waals surface area contributed by atoms with Gasteiger partial charge in [-0.15, -0.1) is 0 Å². The molecule has 2 aromatic rings. The highest BCUT2D eigenvalue weighted by atomic mass is 79.9. The lowest BCUT2D eigenvalue weighted by molar-refractivity contribution is 0.103. The minimum atomic E-state index is -0.187. The van der Waals surface area contributed by atoms with Crippen LogP contribution in [0.15, 0.2) is 22.7 Å². The van der Waals surface area contributed by atoms with Crippen molar-refractivity contribution in [1.29, 1.82) is 0 Å². The van der Waals surface area contributed by atoms with Gasteiger partial charge in [-0.2, -0.15) is 0 Å². The van der Waals surface area contributed by atoms with Crippen LogP contribution < -0.4 is 11.1 Å². The average Bonchev–Trinajstić information content (AvgIpc) is 2.64. The number of nitrogen functional groups attached to an aromatic ring is 1. The molecule has 4 nitrogen and oxygen atoms in total. The van der Waals surface area contributed by atoms with Gasteiger partial charge in [0.25, 0.3) is 5.91 Å². The molecule has 2 rings (SSSR count). The molecule has 0 atom stereocenters. The van der Waals surface area contributed by atoms with Gasteiger partial charge in [0.05, 0.1) is 11.4 Å². The maximum Gasteiger partial charge on any atom is 0.267 e. The number of rotatable bonds is 2. The Kier molecular flexibility index (Phi) is 3.68. The van der Waals surface area contributed by atoms with Gasteiger partial charge < -0.3 is 11.1 Å². The van der Waals surface area contributed by atoms with E-state index in [-0.39, 0.29) is 5.91 Å². The molecule has 1 aromatic carbocycles. The molecule has 1 amide bonds. The molecule has 0 bridgehead atoms. The van der Waals surface area contributed by atoms with E-state index in [1.807, 2.05) is 25.1 Å². The molecule has 1 aromatic heterocycles. The van der Waals surface area contributed by atoms with Gasteiger partial charge in [-0.25, -0.2) is 4.98 Å². The zero-order chi connectivity index (χ0) is 13.3. The van der Waals surface area contributed by atoms with Gasteiger partial charge in [0.1, 0.15) is 4.88 Å². The van der Waals surface area contributed by atoms with Gasteiger partial charge in [-0.05, 0) is 41.4 Å². The molecular formula is C12H12BrN3OS. The first-order chi connectivity index (χ1) is 8.49. The predicted octanol–water partition coefficient (Wildman–Crippen LogP) is 3.36. The largest absolute Gasteiger partial charge is 0.375 e. The Labute approximate surface area is 117 Å². The molecule has 0 spiro atoms. The van der Waals surface area contributed by atoms with Crippen LogP contribution in [-0.2, 0) is 0 Å². The Morgan fingerprint density at radius 1 is 1.44 bits per heavy atom. The zero-order valence-electron chi connectivity index (χ0n) is 9.95. The summed E-state index contributed by atoms with van der Waals surface area (Å²) in [6.07, 6.45) is 0. The van der Waals surface area contributed by atoms with Crippen molar-refractivity contribution in [3.63, 3.8) is 0 Å². The minimum absolute atomic E-state index is 0.187. The van der Waals surface area contributed by atoms with Crippen molar-refractivity contribution in [1.82, 2.24) is 4.98 Å². The number of benzene rings is 1. The lowest BCUT2D eigenvalue weighted by atomic mass is 10.2. The second-order valence-electron chi connectivity index (χ2n) is 3.86. The van der Waals surface area contributed by atoms with Crippen molar-refractivity contribution < 1.29 is 4.79 Å². The Morgan fingerprint density at radius 3 is 2.78 bits per heavy atom. The summed E-state index contributed by atoms with van der Waals surface area (Å²) in [5.41, 5.74) is 8.04. The molecule has 0 aliphatic heterocycles. The maximum absolute atomic E-state index is 12.1. The highest BCUT2D eigenvalue weighted by molar-refractivity contribution is 9.10. The first-order valence-electron chi connectivity index (χ1n) is 5.28. The van der Waals surface area contributed by atoms with Gasteiger partial charge in [0.2, 0.25) is 0 Å². The van der Waals surface area contributed by atoms with Crippen LogP contribution in [0, 0.1) is 13.8 Å². The van der Waals surface area contributed by atoms with E-state index in [1.54, 1.807) is 6.92 Å². The molecule has 1 heterocycles. The standard InChI is InChI=1S/C12H12BrN3OS/c1-6-4-3-5-8(9(6)13)16-11(17)10-7(2)15-12(14)18-10/h3-5H,1-2H3,(H2,14,15)(H,16,17). The number of hydrogen-bond donors (Lipinski definition) is 2. The van der Waals surface area contributed by atoms with Crippen molar-refractivity contribution in [3.05, 3.63) is 38.8 Å². The number of thiazole rings is 1. The van der Waals surface area contributed by atoms with Gasteiger partial charge in [0, 0.05) is 4.47 Å². The van der Waals surface area contributed by atoms with E-state index >= 15 is 0 Å². The van der Waals surface area contributed by atoms with E-state index in [9.17, 15) is 4.79 Å². The second kappa shape index (κ2) is 5.07. The lowest BCUT2D eigenvalue weighted by Gasteiger charge is -2.08. The van der Waals surface area contributed by atoms with E-state index in [1.165, 1.54) is 11.3 Å². The van der Waals surface area contributed by atoms with Crippen molar-refractivity contribution in [2.75, 3.05) is 11.1 Å². The normalized spacial score (nSPS) is 10.4. The molecule has 0 saturated carbocycles. The molecule has 0 unspecified atom stereocenters. The van der Waals surface area contributed by atoms with Gasteiger partial charge in [-0.1, -0.05) is 23.5 Å². The number of nitrogens with two attached hydrogens (primary N) is 1. The Bertz CT molecular complexity index is 609. The van der Waals surface area contributed by atoms with E-state index < -0.39 is 0 Å². The number of aromatic nitrogens is 1. The number of hydrogen-bond acceptors (Lipinski definition) is 4. The fourth-order valence-corrected chi connectivity index (χ4v) is 2.64. The van der Waals surface area contributed by atoms with Crippen molar-refractivity contribution in [3.8, 4) is 0 Å². The summed E-state index contributed by atoms with van der Waals surface area (Å²) in [6, 6.07) is 5.70. The molecule has 0 saturated heterocycles. The number of halogens is 1. The number of aryl methyl sites for hydroxylation is 2. The third-order valence-corrected chi connectivity index (χ3v) is 4.50. The topological polar surface area (TPSA) is 68.0 Å². The monoisotopic (exact) mass is 325 g/mol. The van der Waals surface area contributed by atoms with Crippen molar-refractivity contribution in [2.45, 2.75) is 13.8 Å². The third-order valence-electron chi connectivity index (χ3n) is 2.46.